The quantitative estimate of drug-likeness (QED) is 0.613. The summed E-state index contributed by atoms with van der Waals surface area (Å²) < 4.78 is 36.9. The average Bonchev–Trinajstić information content (AvgIpc) is 2.06. The van der Waals surface area contributed by atoms with E-state index in [0.717, 1.165) is 0 Å². The van der Waals surface area contributed by atoms with Crippen LogP contribution < -0.4 is 10.6 Å². The zero-order valence-electron chi connectivity index (χ0n) is 6.04. The lowest BCUT2D eigenvalue weighted by Gasteiger charge is -2.29. The normalized spacial score (nSPS) is 27.0. The molecule has 0 saturated carbocycles. The lowest BCUT2D eigenvalue weighted by Crippen LogP contribution is -2.57. The van der Waals surface area contributed by atoms with Gasteiger partial charge in [-0.25, -0.2) is 13.2 Å². The molecule has 0 aliphatic carbocycles. The predicted molar refractivity (Wildman–Crippen MR) is 35.6 cm³/mol. The van der Waals surface area contributed by atoms with Gasteiger partial charge in [0.15, 0.2) is 6.67 Å². The number of piperazine rings is 1. The zero-order chi connectivity index (χ0) is 8.32. The molecule has 0 bridgehead atoms. The van der Waals surface area contributed by atoms with E-state index < -0.39 is 18.6 Å². The molecule has 66 valence electrons. The summed E-state index contributed by atoms with van der Waals surface area (Å²) in [6.07, 6.45) is 0. The van der Waals surface area contributed by atoms with E-state index in [9.17, 15) is 13.2 Å². The van der Waals surface area contributed by atoms with Crippen LogP contribution in [0.5, 0.6) is 0 Å². The van der Waals surface area contributed by atoms with Crippen LogP contribution in [0, 0.1) is 0 Å². The van der Waals surface area contributed by atoms with Crippen molar-refractivity contribution < 1.29 is 13.2 Å². The SMILES string of the molecule is FCC(F)(F)C1CNCCN1. The standard InChI is InChI=1S/C6H11F3N2/c7-4-6(8,9)5-3-10-1-2-11-5/h5,10-11H,1-4H2. The Hall–Kier alpha value is -0.290. The van der Waals surface area contributed by atoms with Gasteiger partial charge in [-0.3, -0.25) is 0 Å². The van der Waals surface area contributed by atoms with E-state index in [1.165, 1.54) is 0 Å². The lowest BCUT2D eigenvalue weighted by molar-refractivity contribution is -0.0590. The summed E-state index contributed by atoms with van der Waals surface area (Å²) in [5.74, 6) is -3.23. The molecule has 0 amide bonds. The number of halogens is 3. The molecule has 2 N–H and O–H groups in total. The molecule has 1 heterocycles. The molecule has 5 heteroatoms. The molecule has 1 aliphatic rings. The average molecular weight is 168 g/mol. The summed E-state index contributed by atoms with van der Waals surface area (Å²) in [5, 5.41) is 5.32. The molecule has 0 aromatic carbocycles. The zero-order valence-corrected chi connectivity index (χ0v) is 6.04. The minimum atomic E-state index is -3.23. The smallest absolute Gasteiger partial charge is 0.292 e. The molecule has 1 saturated heterocycles. The Morgan fingerprint density at radius 2 is 2.09 bits per heavy atom. The van der Waals surface area contributed by atoms with Crippen molar-refractivity contribution in [3.8, 4) is 0 Å². The van der Waals surface area contributed by atoms with Gasteiger partial charge in [0.05, 0.1) is 6.04 Å². The molecule has 1 unspecified atom stereocenters. The van der Waals surface area contributed by atoms with Crippen LogP contribution >= 0.6 is 0 Å². The second-order valence-corrected chi connectivity index (χ2v) is 2.61. The van der Waals surface area contributed by atoms with Crippen LogP contribution in [-0.4, -0.2) is 38.3 Å². The minimum absolute atomic E-state index is 0.136. The fraction of sp³-hybridized carbons (Fsp3) is 1.00. The van der Waals surface area contributed by atoms with Crippen LogP contribution in [0.15, 0.2) is 0 Å². The third kappa shape index (κ3) is 2.07. The van der Waals surface area contributed by atoms with E-state index >= 15 is 0 Å². The Bertz CT molecular complexity index is 123. The number of hydrogen-bond donors (Lipinski definition) is 2. The van der Waals surface area contributed by atoms with E-state index in [2.05, 4.69) is 10.6 Å². The second kappa shape index (κ2) is 3.40. The first kappa shape index (κ1) is 8.80. The summed E-state index contributed by atoms with van der Waals surface area (Å²) in [4.78, 5) is 0. The lowest BCUT2D eigenvalue weighted by atomic mass is 10.1. The van der Waals surface area contributed by atoms with Crippen molar-refractivity contribution in [2.45, 2.75) is 12.0 Å². The first-order valence-corrected chi connectivity index (χ1v) is 3.55. The highest BCUT2D eigenvalue weighted by atomic mass is 19.3. The minimum Gasteiger partial charge on any atom is -0.314 e. The van der Waals surface area contributed by atoms with Gasteiger partial charge in [-0.1, -0.05) is 0 Å². The molecule has 11 heavy (non-hydrogen) atoms. The summed E-state index contributed by atoms with van der Waals surface area (Å²) in [6, 6.07) is -1.05. The Morgan fingerprint density at radius 1 is 1.36 bits per heavy atom. The molecular formula is C6H11F3N2. The number of hydrogen-bond acceptors (Lipinski definition) is 2. The van der Waals surface area contributed by atoms with Crippen molar-refractivity contribution in [3.05, 3.63) is 0 Å². The van der Waals surface area contributed by atoms with Gasteiger partial charge in [0, 0.05) is 19.6 Å². The fourth-order valence-electron chi connectivity index (χ4n) is 1.05. The Morgan fingerprint density at radius 3 is 2.55 bits per heavy atom. The third-order valence-electron chi connectivity index (χ3n) is 1.73. The number of alkyl halides is 3. The van der Waals surface area contributed by atoms with E-state index in [1.807, 2.05) is 0 Å². The van der Waals surface area contributed by atoms with Gasteiger partial charge in [-0.15, -0.1) is 0 Å². The van der Waals surface area contributed by atoms with Gasteiger partial charge < -0.3 is 10.6 Å². The van der Waals surface area contributed by atoms with Crippen LogP contribution in [0.4, 0.5) is 13.2 Å². The molecule has 2 nitrogen and oxygen atoms in total. The molecule has 0 aromatic rings. The highest BCUT2D eigenvalue weighted by Crippen LogP contribution is 2.19. The number of rotatable bonds is 2. The molecule has 1 fully saturated rings. The van der Waals surface area contributed by atoms with Crippen LogP contribution in [0.2, 0.25) is 0 Å². The Balaban J connectivity index is 2.43. The van der Waals surface area contributed by atoms with Crippen LogP contribution in [0.3, 0.4) is 0 Å². The molecule has 1 aliphatic heterocycles. The molecule has 0 radical (unpaired) electrons. The third-order valence-corrected chi connectivity index (χ3v) is 1.73. The van der Waals surface area contributed by atoms with Gasteiger partial charge in [0.25, 0.3) is 5.92 Å². The maximum absolute atomic E-state index is 12.6. The van der Waals surface area contributed by atoms with E-state index in [1.54, 1.807) is 0 Å². The van der Waals surface area contributed by atoms with Crippen LogP contribution in [0.1, 0.15) is 0 Å². The number of nitrogens with one attached hydrogen (secondary N) is 2. The van der Waals surface area contributed by atoms with Crippen molar-refractivity contribution in [1.29, 1.82) is 0 Å². The van der Waals surface area contributed by atoms with E-state index in [4.69, 9.17) is 0 Å². The fourth-order valence-corrected chi connectivity index (χ4v) is 1.05. The van der Waals surface area contributed by atoms with E-state index in [0.29, 0.717) is 13.1 Å². The summed E-state index contributed by atoms with van der Waals surface area (Å²) in [6.45, 7) is -0.317. The van der Waals surface area contributed by atoms with Crippen molar-refractivity contribution in [3.63, 3.8) is 0 Å². The Kier molecular flexibility index (Phi) is 2.72. The van der Waals surface area contributed by atoms with Gasteiger partial charge in [0.2, 0.25) is 0 Å². The first-order valence-electron chi connectivity index (χ1n) is 3.55. The molecule has 0 aromatic heterocycles. The molecule has 0 spiro atoms. The van der Waals surface area contributed by atoms with Gasteiger partial charge >= 0.3 is 0 Å². The first-order chi connectivity index (χ1) is 5.17. The summed E-state index contributed by atoms with van der Waals surface area (Å²) >= 11 is 0. The van der Waals surface area contributed by atoms with Crippen molar-refractivity contribution in [2.75, 3.05) is 26.3 Å². The summed E-state index contributed by atoms with van der Waals surface area (Å²) in [5.41, 5.74) is 0. The van der Waals surface area contributed by atoms with Gasteiger partial charge in [-0.2, -0.15) is 0 Å². The van der Waals surface area contributed by atoms with Gasteiger partial charge in [-0.05, 0) is 0 Å². The van der Waals surface area contributed by atoms with Crippen molar-refractivity contribution in [2.24, 2.45) is 0 Å². The van der Waals surface area contributed by atoms with Crippen molar-refractivity contribution in [1.82, 2.24) is 10.6 Å². The van der Waals surface area contributed by atoms with E-state index in [-0.39, 0.29) is 6.54 Å². The monoisotopic (exact) mass is 168 g/mol. The van der Waals surface area contributed by atoms with Gasteiger partial charge in [0.1, 0.15) is 0 Å². The molecule has 1 rings (SSSR count). The van der Waals surface area contributed by atoms with Crippen LogP contribution in [-0.2, 0) is 0 Å². The molecule has 1 atom stereocenters. The molecular weight excluding hydrogens is 157 g/mol. The second-order valence-electron chi connectivity index (χ2n) is 2.61. The predicted octanol–water partition coefficient (Wildman–Crippen LogP) is 0.153. The summed E-state index contributed by atoms with van der Waals surface area (Å²) in [7, 11) is 0. The van der Waals surface area contributed by atoms with Crippen molar-refractivity contribution >= 4 is 0 Å². The largest absolute Gasteiger partial charge is 0.314 e. The highest BCUT2D eigenvalue weighted by Gasteiger charge is 2.39. The highest BCUT2D eigenvalue weighted by molar-refractivity contribution is 4.87. The van der Waals surface area contributed by atoms with Crippen LogP contribution in [0.25, 0.3) is 0 Å². The Labute approximate surface area is 63.2 Å². The topological polar surface area (TPSA) is 24.1 Å². The maximum atomic E-state index is 12.6. The maximum Gasteiger partial charge on any atom is 0.292 e.